The van der Waals surface area contributed by atoms with Crippen molar-refractivity contribution in [2.75, 3.05) is 51.2 Å². The number of hydrogen-bond acceptors (Lipinski definition) is 6. The van der Waals surface area contributed by atoms with E-state index in [2.05, 4.69) is 45.2 Å². The number of aryl methyl sites for hydroxylation is 1. The van der Waals surface area contributed by atoms with Gasteiger partial charge in [0.25, 0.3) is 0 Å². The number of para-hydroxylation sites is 1. The van der Waals surface area contributed by atoms with E-state index < -0.39 is 0 Å². The maximum absolute atomic E-state index is 12.6. The Bertz CT molecular complexity index is 824. The molecule has 4 rings (SSSR count). The molecule has 7 nitrogen and oxygen atoms in total. The molecule has 7 heteroatoms. The molecule has 0 bridgehead atoms. The zero-order valence-electron chi connectivity index (χ0n) is 16.4. The molecule has 1 fully saturated rings. The number of anilines is 1. The van der Waals surface area contributed by atoms with E-state index in [1.165, 1.54) is 5.69 Å². The molecule has 0 spiro atoms. The molecule has 1 saturated heterocycles. The number of piperazine rings is 1. The maximum Gasteiger partial charge on any atom is 0.227 e. The van der Waals surface area contributed by atoms with Crippen LogP contribution in [-0.2, 0) is 11.2 Å². The molecule has 1 aromatic heterocycles. The summed E-state index contributed by atoms with van der Waals surface area (Å²) in [6.45, 7) is 5.15. The Morgan fingerprint density at radius 3 is 2.61 bits per heavy atom. The quantitative estimate of drug-likeness (QED) is 0.790. The molecule has 28 heavy (non-hydrogen) atoms. The maximum atomic E-state index is 12.6. The van der Waals surface area contributed by atoms with Crippen LogP contribution < -0.4 is 4.90 Å². The first-order chi connectivity index (χ1) is 13.7. The smallest absolute Gasteiger partial charge is 0.227 e. The Morgan fingerprint density at radius 2 is 1.89 bits per heavy atom. The monoisotopic (exact) mass is 381 g/mol. The first-order valence-electron chi connectivity index (χ1n) is 9.97. The molecule has 2 aliphatic rings. The van der Waals surface area contributed by atoms with Gasteiger partial charge in [-0.2, -0.15) is 4.98 Å². The van der Waals surface area contributed by atoms with Gasteiger partial charge >= 0.3 is 0 Å². The fourth-order valence-corrected chi connectivity index (χ4v) is 3.69. The van der Waals surface area contributed by atoms with Crippen LogP contribution in [-0.4, -0.2) is 72.2 Å². The number of benzene rings is 1. The van der Waals surface area contributed by atoms with Crippen LogP contribution in [0.15, 0.2) is 40.9 Å². The highest BCUT2D eigenvalue weighted by molar-refractivity contribution is 5.76. The summed E-state index contributed by atoms with van der Waals surface area (Å²) in [6, 6.07) is 10.4. The number of carbonyl (C=O) groups is 1. The normalized spacial score (nSPS) is 18.2. The van der Waals surface area contributed by atoms with Gasteiger partial charge in [-0.3, -0.25) is 4.79 Å². The minimum atomic E-state index is 0.158. The third kappa shape index (κ3) is 4.42. The zero-order valence-corrected chi connectivity index (χ0v) is 16.4. The van der Waals surface area contributed by atoms with Crippen LogP contribution in [0, 0.1) is 0 Å². The fraction of sp³-hybridized carbons (Fsp3) is 0.476. The van der Waals surface area contributed by atoms with Crippen LogP contribution in [0.1, 0.15) is 24.6 Å². The van der Waals surface area contributed by atoms with Gasteiger partial charge in [-0.25, -0.2) is 0 Å². The van der Waals surface area contributed by atoms with Crippen molar-refractivity contribution in [3.8, 4) is 0 Å². The summed E-state index contributed by atoms with van der Waals surface area (Å²) in [4.78, 5) is 23.6. The van der Waals surface area contributed by atoms with Gasteiger partial charge in [-0.05, 0) is 31.2 Å². The van der Waals surface area contributed by atoms with Gasteiger partial charge in [0.2, 0.25) is 11.8 Å². The summed E-state index contributed by atoms with van der Waals surface area (Å²) in [5, 5.41) is 4.09. The van der Waals surface area contributed by atoms with E-state index >= 15 is 0 Å². The van der Waals surface area contributed by atoms with Crippen LogP contribution >= 0.6 is 0 Å². The number of carbonyl (C=O) groups excluding carboxylic acids is 1. The van der Waals surface area contributed by atoms with Gasteiger partial charge in [0.1, 0.15) is 0 Å². The van der Waals surface area contributed by atoms with Crippen molar-refractivity contribution in [3.63, 3.8) is 0 Å². The standard InChI is InChI=1S/C21H27N5O2/c1-24-11-9-17(10-12-24)21-22-19(28-23-21)7-8-20(27)26-15-13-25(14-16-26)18-5-3-2-4-6-18/h2-6,9H,7-8,10-16H2,1H3. The zero-order chi connectivity index (χ0) is 19.3. The van der Waals surface area contributed by atoms with Crippen molar-refractivity contribution in [2.24, 2.45) is 0 Å². The Balaban J connectivity index is 1.25. The third-order valence-corrected chi connectivity index (χ3v) is 5.47. The number of rotatable bonds is 5. The molecule has 0 N–H and O–H groups in total. The van der Waals surface area contributed by atoms with E-state index in [4.69, 9.17) is 4.52 Å². The van der Waals surface area contributed by atoms with Crippen molar-refractivity contribution in [2.45, 2.75) is 19.3 Å². The van der Waals surface area contributed by atoms with Gasteiger partial charge in [0, 0.05) is 57.8 Å². The number of hydrogen-bond donors (Lipinski definition) is 0. The average Bonchev–Trinajstić information content (AvgIpc) is 3.22. The second-order valence-corrected chi connectivity index (χ2v) is 7.46. The SMILES string of the molecule is CN1CC=C(c2noc(CCC(=O)N3CCN(c4ccccc4)CC3)n2)CC1. The van der Waals surface area contributed by atoms with Crippen molar-refractivity contribution >= 4 is 17.2 Å². The summed E-state index contributed by atoms with van der Waals surface area (Å²) in [5.41, 5.74) is 2.35. The van der Waals surface area contributed by atoms with Crippen molar-refractivity contribution in [1.29, 1.82) is 0 Å². The molecule has 0 aliphatic carbocycles. The van der Waals surface area contributed by atoms with Crippen LogP contribution in [0.5, 0.6) is 0 Å². The summed E-state index contributed by atoms with van der Waals surface area (Å²) < 4.78 is 5.36. The molecule has 0 atom stereocenters. The highest BCUT2D eigenvalue weighted by Crippen LogP contribution is 2.20. The van der Waals surface area contributed by atoms with Crippen LogP contribution in [0.25, 0.3) is 5.57 Å². The lowest BCUT2D eigenvalue weighted by atomic mass is 10.1. The molecule has 2 aromatic rings. The van der Waals surface area contributed by atoms with Crippen molar-refractivity contribution < 1.29 is 9.32 Å². The minimum Gasteiger partial charge on any atom is -0.368 e. The third-order valence-electron chi connectivity index (χ3n) is 5.47. The van der Waals surface area contributed by atoms with E-state index in [0.717, 1.165) is 51.3 Å². The minimum absolute atomic E-state index is 0.158. The molecule has 0 unspecified atom stereocenters. The topological polar surface area (TPSA) is 65.7 Å². The van der Waals surface area contributed by atoms with E-state index in [0.29, 0.717) is 24.6 Å². The van der Waals surface area contributed by atoms with Gasteiger partial charge in [0.05, 0.1) is 0 Å². The van der Waals surface area contributed by atoms with Crippen LogP contribution in [0.4, 0.5) is 5.69 Å². The van der Waals surface area contributed by atoms with E-state index in [-0.39, 0.29) is 5.91 Å². The van der Waals surface area contributed by atoms with E-state index in [1.807, 2.05) is 23.1 Å². The Morgan fingerprint density at radius 1 is 1.11 bits per heavy atom. The molecule has 148 valence electrons. The highest BCUT2D eigenvalue weighted by Gasteiger charge is 2.22. The fourth-order valence-electron chi connectivity index (χ4n) is 3.69. The molecule has 2 aliphatic heterocycles. The summed E-state index contributed by atoms with van der Waals surface area (Å²) >= 11 is 0. The first-order valence-corrected chi connectivity index (χ1v) is 9.97. The van der Waals surface area contributed by atoms with E-state index in [1.54, 1.807) is 0 Å². The number of likely N-dealkylation sites (N-methyl/N-ethyl adjacent to an activating group) is 1. The molecule has 0 saturated carbocycles. The predicted molar refractivity (Wildman–Crippen MR) is 108 cm³/mol. The van der Waals surface area contributed by atoms with Gasteiger partial charge in [0.15, 0.2) is 5.82 Å². The van der Waals surface area contributed by atoms with Gasteiger partial charge in [-0.1, -0.05) is 29.4 Å². The molecule has 0 radical (unpaired) electrons. The van der Waals surface area contributed by atoms with Gasteiger partial charge < -0.3 is 19.2 Å². The Kier molecular flexibility index (Phi) is 5.71. The first kappa shape index (κ1) is 18.7. The lowest BCUT2D eigenvalue weighted by Gasteiger charge is -2.36. The van der Waals surface area contributed by atoms with Crippen LogP contribution in [0.2, 0.25) is 0 Å². The average molecular weight is 381 g/mol. The Labute approximate surface area is 165 Å². The number of aromatic nitrogens is 2. The predicted octanol–water partition coefficient (Wildman–Crippen LogP) is 2.07. The molecule has 3 heterocycles. The molecule has 1 amide bonds. The van der Waals surface area contributed by atoms with Crippen molar-refractivity contribution in [1.82, 2.24) is 19.9 Å². The largest absolute Gasteiger partial charge is 0.368 e. The lowest BCUT2D eigenvalue weighted by Crippen LogP contribution is -2.48. The second-order valence-electron chi connectivity index (χ2n) is 7.46. The van der Waals surface area contributed by atoms with Crippen LogP contribution in [0.3, 0.4) is 0 Å². The second kappa shape index (κ2) is 8.56. The highest BCUT2D eigenvalue weighted by atomic mass is 16.5. The summed E-state index contributed by atoms with van der Waals surface area (Å²) in [6.07, 6.45) is 3.99. The number of amides is 1. The lowest BCUT2D eigenvalue weighted by molar-refractivity contribution is -0.131. The molecule has 1 aromatic carbocycles. The molecular formula is C21H27N5O2. The Hall–Kier alpha value is -2.67. The molecular weight excluding hydrogens is 354 g/mol. The summed E-state index contributed by atoms with van der Waals surface area (Å²) in [7, 11) is 2.10. The van der Waals surface area contributed by atoms with Gasteiger partial charge in [-0.15, -0.1) is 0 Å². The van der Waals surface area contributed by atoms with E-state index in [9.17, 15) is 4.79 Å². The van der Waals surface area contributed by atoms with Crippen molar-refractivity contribution in [3.05, 3.63) is 48.1 Å². The summed E-state index contributed by atoms with van der Waals surface area (Å²) in [5.74, 6) is 1.38. The number of nitrogens with zero attached hydrogens (tertiary/aromatic N) is 5.